The van der Waals surface area contributed by atoms with E-state index in [1.54, 1.807) is 18.7 Å². The first kappa shape index (κ1) is 10.1. The van der Waals surface area contributed by atoms with E-state index >= 15 is 0 Å². The number of hydrogen-bond acceptors (Lipinski definition) is 2. The predicted molar refractivity (Wildman–Crippen MR) is 46.3 cm³/mol. The van der Waals surface area contributed by atoms with Gasteiger partial charge in [-0.3, -0.25) is 0 Å². The van der Waals surface area contributed by atoms with Crippen molar-refractivity contribution in [3.63, 3.8) is 0 Å². The average molecular weight is 198 g/mol. The van der Waals surface area contributed by atoms with E-state index < -0.39 is 5.69 Å². The number of aromatic nitrogens is 2. The third kappa shape index (κ3) is 15.7. The summed E-state index contributed by atoms with van der Waals surface area (Å²) in [4.78, 5) is 22.1. The molecule has 1 aromatic rings. The van der Waals surface area contributed by atoms with E-state index in [4.69, 9.17) is 9.79 Å². The lowest BCUT2D eigenvalue weighted by atomic mass is 11.0. The maximum absolute atomic E-state index is 7.87. The van der Waals surface area contributed by atoms with Gasteiger partial charge in [0, 0.05) is 12.4 Å². The molecule has 4 nitrogen and oxygen atoms in total. The van der Waals surface area contributed by atoms with Crippen molar-refractivity contribution in [1.82, 2.24) is 9.97 Å². The monoisotopic (exact) mass is 198 g/mol. The first-order valence-corrected chi connectivity index (χ1v) is 6.07. The van der Waals surface area contributed by atoms with Crippen molar-refractivity contribution >= 4 is 29.7 Å². The van der Waals surface area contributed by atoms with Gasteiger partial charge in [0.25, 0.3) is 0 Å². The Balaban J connectivity index is 0.000000162. The van der Waals surface area contributed by atoms with E-state index in [-0.39, 0.29) is 0 Å². The Morgan fingerprint density at radius 2 is 2.10 bits per heavy atom. The van der Waals surface area contributed by atoms with E-state index in [9.17, 15) is 0 Å². The summed E-state index contributed by atoms with van der Waals surface area (Å²) in [6.07, 6.45) is 5.08. The lowest BCUT2D eigenvalue weighted by molar-refractivity contribution is 0.503. The van der Waals surface area contributed by atoms with Crippen molar-refractivity contribution in [3.8, 4) is 0 Å². The molecule has 58 valence electrons. The lowest BCUT2D eigenvalue weighted by Gasteiger charge is -1.88. The minimum Gasteiger partial charge on any atom is -0.351 e. The Bertz CT molecular complexity index is 171. The maximum atomic E-state index is 7.87. The van der Waals surface area contributed by atoms with Crippen molar-refractivity contribution in [2.45, 2.75) is 0 Å². The summed E-state index contributed by atoms with van der Waals surface area (Å²) in [5.41, 5.74) is -3.11. The number of thiol groups is 1. The van der Waals surface area contributed by atoms with Crippen LogP contribution in [0.2, 0.25) is 0 Å². The van der Waals surface area contributed by atoms with Gasteiger partial charge in [0.15, 0.2) is 0 Å². The SMILES string of the molecule is OP(O)(=S)S.c1c[nH]cn1. The number of nitrogens with one attached hydrogen (secondary N) is 1. The van der Waals surface area contributed by atoms with Crippen LogP contribution in [0, 0.1) is 0 Å². The molecule has 1 heterocycles. The second kappa shape index (κ2) is 4.87. The van der Waals surface area contributed by atoms with Crippen molar-refractivity contribution in [1.29, 1.82) is 0 Å². The maximum Gasteiger partial charge on any atom is 0.239 e. The van der Waals surface area contributed by atoms with Crippen LogP contribution in [-0.2, 0) is 11.8 Å². The van der Waals surface area contributed by atoms with Crippen LogP contribution in [0.3, 0.4) is 0 Å². The first-order chi connectivity index (χ1) is 4.50. The summed E-state index contributed by atoms with van der Waals surface area (Å²) in [7, 11) is 0. The third-order valence-corrected chi connectivity index (χ3v) is 0.406. The molecule has 0 saturated heterocycles. The molecule has 0 aliphatic heterocycles. The zero-order valence-electron chi connectivity index (χ0n) is 4.88. The van der Waals surface area contributed by atoms with Gasteiger partial charge in [-0.05, 0) is 11.8 Å². The van der Waals surface area contributed by atoms with E-state index in [1.807, 2.05) is 0 Å². The van der Waals surface area contributed by atoms with Crippen LogP contribution in [0.15, 0.2) is 18.7 Å². The molecule has 10 heavy (non-hydrogen) atoms. The molecule has 0 radical (unpaired) electrons. The zero-order valence-corrected chi connectivity index (χ0v) is 7.48. The fraction of sp³-hybridized carbons (Fsp3) is 0. The summed E-state index contributed by atoms with van der Waals surface area (Å²) in [6, 6.07) is 0. The predicted octanol–water partition coefficient (Wildman–Crippen LogP) is 0.535. The van der Waals surface area contributed by atoms with Crippen LogP contribution in [-0.4, -0.2) is 19.8 Å². The average Bonchev–Trinajstić information content (AvgIpc) is 2.07. The molecule has 0 fully saturated rings. The fourth-order valence-electron chi connectivity index (χ4n) is 0.215. The summed E-state index contributed by atoms with van der Waals surface area (Å²) >= 11 is 7.07. The molecule has 0 atom stereocenters. The number of imidazole rings is 1. The summed E-state index contributed by atoms with van der Waals surface area (Å²) < 4.78 is 0. The van der Waals surface area contributed by atoms with Crippen molar-refractivity contribution in [2.24, 2.45) is 0 Å². The second-order valence-corrected chi connectivity index (χ2v) is 6.31. The molecule has 1 rings (SSSR count). The highest BCUT2D eigenvalue weighted by Gasteiger charge is 1.90. The highest BCUT2D eigenvalue weighted by atomic mass is 32.9. The van der Waals surface area contributed by atoms with Gasteiger partial charge in [0.1, 0.15) is 0 Å². The first-order valence-electron chi connectivity index (χ1n) is 2.21. The molecular formula is C3H7N2O2PS2. The number of aromatic amines is 1. The van der Waals surface area contributed by atoms with E-state index in [0.29, 0.717) is 0 Å². The number of rotatable bonds is 0. The van der Waals surface area contributed by atoms with Gasteiger partial charge in [-0.2, -0.15) is 0 Å². The Kier molecular flexibility index (Phi) is 4.93. The van der Waals surface area contributed by atoms with Crippen LogP contribution in [0.5, 0.6) is 0 Å². The minimum atomic E-state index is -3.11. The molecule has 0 spiro atoms. The smallest absolute Gasteiger partial charge is 0.239 e. The number of nitrogens with zero attached hydrogens (tertiary/aromatic N) is 1. The molecule has 0 unspecified atom stereocenters. The lowest BCUT2D eigenvalue weighted by Crippen LogP contribution is -1.53. The van der Waals surface area contributed by atoms with E-state index in [2.05, 4.69) is 34.0 Å². The van der Waals surface area contributed by atoms with Gasteiger partial charge in [-0.15, -0.1) is 0 Å². The zero-order chi connectivity index (χ0) is 8.04. The van der Waals surface area contributed by atoms with Crippen molar-refractivity contribution < 1.29 is 9.79 Å². The molecule has 0 saturated carbocycles. The number of hydrogen-bond donors (Lipinski definition) is 4. The molecule has 0 aromatic carbocycles. The standard InChI is InChI=1S/C3H4N2.H3O2PS2/c1-2-5-3-4-1;1-3(2,4)5/h1-3H,(H,4,5);(H3,1,2,4,5). The summed E-state index contributed by atoms with van der Waals surface area (Å²) in [5.74, 6) is 0. The molecule has 0 bridgehead atoms. The van der Waals surface area contributed by atoms with Gasteiger partial charge in [-0.25, -0.2) is 4.98 Å². The van der Waals surface area contributed by atoms with Crippen LogP contribution in [0.4, 0.5) is 0 Å². The normalized spacial score (nSPS) is 9.90. The highest BCUT2D eigenvalue weighted by molar-refractivity contribution is 8.59. The summed E-state index contributed by atoms with van der Waals surface area (Å²) in [5, 5.41) is 0. The molecular weight excluding hydrogens is 191 g/mol. The molecule has 0 amide bonds. The topological polar surface area (TPSA) is 69.1 Å². The molecule has 0 aliphatic rings. The van der Waals surface area contributed by atoms with Gasteiger partial charge in [0.2, 0.25) is 5.69 Å². The van der Waals surface area contributed by atoms with Gasteiger partial charge < -0.3 is 14.8 Å². The Hall–Kier alpha value is 0.130. The Morgan fingerprint density at radius 3 is 2.20 bits per heavy atom. The van der Waals surface area contributed by atoms with Gasteiger partial charge >= 0.3 is 0 Å². The largest absolute Gasteiger partial charge is 0.351 e. The third-order valence-electron chi connectivity index (χ3n) is 0.406. The van der Waals surface area contributed by atoms with Gasteiger partial charge in [0.05, 0.1) is 6.33 Å². The molecule has 1 aromatic heterocycles. The van der Waals surface area contributed by atoms with Gasteiger partial charge in [-0.1, -0.05) is 12.2 Å². The van der Waals surface area contributed by atoms with Crippen LogP contribution < -0.4 is 0 Å². The number of H-pyrrole nitrogens is 1. The van der Waals surface area contributed by atoms with Crippen LogP contribution >= 0.6 is 17.9 Å². The fourth-order valence-corrected chi connectivity index (χ4v) is 0.215. The van der Waals surface area contributed by atoms with E-state index in [1.165, 1.54) is 0 Å². The molecule has 3 N–H and O–H groups in total. The molecule has 0 aliphatic carbocycles. The minimum absolute atomic E-state index is 1.62. The van der Waals surface area contributed by atoms with E-state index in [0.717, 1.165) is 0 Å². The van der Waals surface area contributed by atoms with Crippen molar-refractivity contribution in [2.75, 3.05) is 0 Å². The second-order valence-electron chi connectivity index (χ2n) is 1.27. The quantitative estimate of drug-likeness (QED) is 0.362. The Labute approximate surface area is 68.7 Å². The summed E-state index contributed by atoms with van der Waals surface area (Å²) in [6.45, 7) is 0. The van der Waals surface area contributed by atoms with Crippen molar-refractivity contribution in [3.05, 3.63) is 18.7 Å². The molecule has 7 heteroatoms. The Morgan fingerprint density at radius 1 is 1.60 bits per heavy atom. The van der Waals surface area contributed by atoms with Crippen LogP contribution in [0.25, 0.3) is 0 Å². The highest BCUT2D eigenvalue weighted by Crippen LogP contribution is 2.39. The van der Waals surface area contributed by atoms with Crippen LogP contribution in [0.1, 0.15) is 0 Å².